The number of sulfonamides is 1. The SMILES string of the molecule is [2H]C([2H])([2H])C([C@H](NS(=O)(=O)c1ccc(-c2ccc(NC(=O)c3cc4ccccc4o3)cc2)cc1)C(=O)O)C([2H])([2H])[2H]. The molecule has 8 nitrogen and oxygen atoms in total. The van der Waals surface area contributed by atoms with Gasteiger partial charge in [0.15, 0.2) is 5.76 Å². The fourth-order valence-corrected chi connectivity index (χ4v) is 4.56. The Morgan fingerprint density at radius 1 is 0.943 bits per heavy atom. The maximum Gasteiger partial charge on any atom is 0.322 e. The van der Waals surface area contributed by atoms with E-state index in [0.717, 1.165) is 5.39 Å². The molecule has 35 heavy (non-hydrogen) atoms. The predicted octanol–water partition coefficient (Wildman–Crippen LogP) is 4.74. The number of carbonyl (C=O) groups excluding carboxylic acids is 1. The van der Waals surface area contributed by atoms with E-state index in [1.807, 2.05) is 12.1 Å². The van der Waals surface area contributed by atoms with Crippen LogP contribution >= 0.6 is 0 Å². The number of carboxylic acids is 1. The molecule has 1 amide bonds. The molecular weight excluding hydrogens is 468 g/mol. The maximum atomic E-state index is 12.9. The highest BCUT2D eigenvalue weighted by Crippen LogP contribution is 2.25. The van der Waals surface area contributed by atoms with Crippen molar-refractivity contribution in [1.29, 1.82) is 0 Å². The van der Waals surface area contributed by atoms with E-state index >= 15 is 0 Å². The third-order valence-electron chi connectivity index (χ3n) is 5.17. The molecule has 3 N–H and O–H groups in total. The Morgan fingerprint density at radius 2 is 1.57 bits per heavy atom. The Labute approximate surface area is 211 Å². The Hall–Kier alpha value is -3.95. The number of amides is 1. The summed E-state index contributed by atoms with van der Waals surface area (Å²) in [6.45, 7) is -6.56. The standard InChI is InChI=1S/C26H24N2O6S/c1-16(2)24(26(30)31)28-35(32,33)21-13-9-18(10-14-21)17-7-11-20(12-8-17)27-25(29)23-15-19-5-3-4-6-22(19)34-23/h3-16,24,28H,1-2H3,(H,27,29)(H,30,31)/t24-/m0/s1/i1D3,2D3. The molecule has 3 aromatic carbocycles. The van der Waals surface area contributed by atoms with Crippen LogP contribution in [0.3, 0.4) is 0 Å². The Morgan fingerprint density at radius 3 is 2.17 bits per heavy atom. The number of hydrogen-bond donors (Lipinski definition) is 3. The van der Waals surface area contributed by atoms with Crippen molar-refractivity contribution in [3.63, 3.8) is 0 Å². The number of rotatable bonds is 8. The number of anilines is 1. The number of aliphatic carboxylic acids is 1. The lowest BCUT2D eigenvalue weighted by Gasteiger charge is -2.18. The minimum atomic E-state index is -4.61. The van der Waals surface area contributed by atoms with Gasteiger partial charge in [-0.2, -0.15) is 4.72 Å². The topological polar surface area (TPSA) is 126 Å². The molecule has 0 saturated carbocycles. The highest BCUT2D eigenvalue weighted by atomic mass is 32.2. The molecule has 9 heteroatoms. The van der Waals surface area contributed by atoms with Gasteiger partial charge in [-0.1, -0.05) is 56.2 Å². The number of carbonyl (C=O) groups is 2. The van der Waals surface area contributed by atoms with Gasteiger partial charge in [-0.25, -0.2) is 8.42 Å². The molecule has 0 aliphatic rings. The van der Waals surface area contributed by atoms with Crippen LogP contribution in [0.25, 0.3) is 22.1 Å². The maximum absolute atomic E-state index is 12.9. The van der Waals surface area contributed by atoms with Crippen LogP contribution in [0, 0.1) is 5.92 Å². The van der Waals surface area contributed by atoms with E-state index in [4.69, 9.17) is 12.6 Å². The molecule has 1 atom stereocenters. The van der Waals surface area contributed by atoms with Gasteiger partial charge in [0.2, 0.25) is 10.0 Å². The smallest absolute Gasteiger partial charge is 0.322 e. The van der Waals surface area contributed by atoms with Crippen molar-refractivity contribution in [2.24, 2.45) is 5.92 Å². The first kappa shape index (κ1) is 17.5. The molecule has 0 saturated heterocycles. The van der Waals surface area contributed by atoms with Crippen LogP contribution < -0.4 is 10.0 Å². The zero-order valence-corrected chi connectivity index (χ0v) is 18.9. The van der Waals surface area contributed by atoms with Gasteiger partial charge in [0.05, 0.1) is 4.90 Å². The van der Waals surface area contributed by atoms with Crippen LogP contribution in [-0.4, -0.2) is 31.4 Å². The van der Waals surface area contributed by atoms with Gasteiger partial charge in [-0.15, -0.1) is 0 Å². The van der Waals surface area contributed by atoms with E-state index in [-0.39, 0.29) is 5.76 Å². The largest absolute Gasteiger partial charge is 0.480 e. The quantitative estimate of drug-likeness (QED) is 0.322. The summed E-state index contributed by atoms with van der Waals surface area (Å²) >= 11 is 0. The molecule has 0 aliphatic heterocycles. The number of benzene rings is 3. The van der Waals surface area contributed by atoms with Crippen LogP contribution in [0.4, 0.5) is 5.69 Å². The molecule has 180 valence electrons. The van der Waals surface area contributed by atoms with Crippen molar-refractivity contribution in [3.8, 4) is 11.1 Å². The molecule has 0 aliphatic carbocycles. The summed E-state index contributed by atoms with van der Waals surface area (Å²) in [5, 5.41) is 13.0. The molecule has 1 heterocycles. The van der Waals surface area contributed by atoms with E-state index < -0.39 is 52.5 Å². The molecule has 0 bridgehead atoms. The van der Waals surface area contributed by atoms with Crippen LogP contribution in [0.5, 0.6) is 0 Å². The molecule has 1 aromatic heterocycles. The van der Waals surface area contributed by atoms with Gasteiger partial charge in [0.25, 0.3) is 5.91 Å². The Balaban J connectivity index is 1.48. The van der Waals surface area contributed by atoms with Crippen molar-refractivity contribution in [1.82, 2.24) is 4.72 Å². The first-order chi connectivity index (χ1) is 19.1. The van der Waals surface area contributed by atoms with Gasteiger partial charge in [0.1, 0.15) is 11.6 Å². The zero-order valence-electron chi connectivity index (χ0n) is 24.1. The summed E-state index contributed by atoms with van der Waals surface area (Å²) in [6, 6.07) is 18.3. The molecule has 0 fully saturated rings. The normalized spacial score (nSPS) is 15.8. The van der Waals surface area contributed by atoms with Crippen molar-refractivity contribution in [2.45, 2.75) is 24.6 Å². The van der Waals surface area contributed by atoms with E-state index in [0.29, 0.717) is 22.4 Å². The van der Waals surface area contributed by atoms with E-state index in [2.05, 4.69) is 5.32 Å². The van der Waals surface area contributed by atoms with Crippen LogP contribution in [0.15, 0.2) is 88.2 Å². The van der Waals surface area contributed by atoms with Crippen molar-refractivity contribution in [3.05, 3.63) is 84.6 Å². The average Bonchev–Trinajstić information content (AvgIpc) is 3.32. The summed E-state index contributed by atoms with van der Waals surface area (Å²) in [5.74, 6) is -4.70. The van der Waals surface area contributed by atoms with Gasteiger partial charge in [0, 0.05) is 19.3 Å². The van der Waals surface area contributed by atoms with E-state index in [1.165, 1.54) is 24.3 Å². The van der Waals surface area contributed by atoms with Gasteiger partial charge in [-0.05, 0) is 53.4 Å². The van der Waals surface area contributed by atoms with E-state index in [1.54, 1.807) is 47.2 Å². The number of carboxylic acid groups (broad SMARTS) is 1. The summed E-state index contributed by atoms with van der Waals surface area (Å²) in [5.41, 5.74) is 2.32. The molecule has 4 aromatic rings. The first-order valence-corrected chi connectivity index (χ1v) is 11.8. The summed E-state index contributed by atoms with van der Waals surface area (Å²) < 4.78 is 77.9. The fourth-order valence-electron chi connectivity index (χ4n) is 3.36. The Kier molecular flexibility index (Phi) is 4.86. The summed E-state index contributed by atoms with van der Waals surface area (Å²) in [7, 11) is -4.61. The lowest BCUT2D eigenvalue weighted by molar-refractivity contribution is -0.140. The second kappa shape index (κ2) is 9.73. The summed E-state index contributed by atoms with van der Waals surface area (Å²) in [4.78, 5) is 23.9. The van der Waals surface area contributed by atoms with Gasteiger partial charge >= 0.3 is 5.97 Å². The number of fused-ring (bicyclic) bond motifs is 1. The van der Waals surface area contributed by atoms with Crippen LogP contribution in [-0.2, 0) is 14.8 Å². The third kappa shape index (κ3) is 5.42. The molecular formula is C26H24N2O6S. The number of nitrogens with one attached hydrogen (secondary N) is 2. The minimum absolute atomic E-state index is 0.148. The second-order valence-corrected chi connectivity index (χ2v) is 9.33. The highest BCUT2D eigenvalue weighted by molar-refractivity contribution is 7.89. The minimum Gasteiger partial charge on any atom is -0.480 e. The average molecular weight is 499 g/mol. The molecule has 0 spiro atoms. The molecule has 0 radical (unpaired) electrons. The van der Waals surface area contributed by atoms with Gasteiger partial charge < -0.3 is 14.8 Å². The number of furan rings is 1. The van der Waals surface area contributed by atoms with Crippen LogP contribution in [0.1, 0.15) is 32.5 Å². The van der Waals surface area contributed by atoms with Gasteiger partial charge in [-0.3, -0.25) is 9.59 Å². The Bertz CT molecular complexity index is 1630. The second-order valence-electron chi connectivity index (χ2n) is 7.62. The van der Waals surface area contributed by atoms with Crippen molar-refractivity contribution in [2.75, 3.05) is 5.32 Å². The fraction of sp³-hybridized carbons (Fsp3) is 0.154. The van der Waals surface area contributed by atoms with E-state index in [9.17, 15) is 23.1 Å². The monoisotopic (exact) mass is 498 g/mol. The van der Waals surface area contributed by atoms with Crippen LogP contribution in [0.2, 0.25) is 0 Å². The lowest BCUT2D eigenvalue weighted by atomic mass is 10.1. The van der Waals surface area contributed by atoms with Crippen molar-refractivity contribution < 1.29 is 35.8 Å². The third-order valence-corrected chi connectivity index (χ3v) is 6.63. The number of para-hydroxylation sites is 1. The molecule has 4 rings (SSSR count). The first-order valence-electron chi connectivity index (χ1n) is 13.3. The van der Waals surface area contributed by atoms with Crippen molar-refractivity contribution >= 4 is 38.6 Å². The zero-order chi connectivity index (χ0) is 30.2. The molecule has 0 unspecified atom stereocenters. The number of hydrogen-bond acceptors (Lipinski definition) is 5. The summed E-state index contributed by atoms with van der Waals surface area (Å²) in [6.07, 6.45) is 0. The lowest BCUT2D eigenvalue weighted by Crippen LogP contribution is -2.44. The predicted molar refractivity (Wildman–Crippen MR) is 133 cm³/mol. The highest BCUT2D eigenvalue weighted by Gasteiger charge is 2.28.